The molecule has 0 aromatic rings. The lowest BCUT2D eigenvalue weighted by Gasteiger charge is -2.00. The molecule has 2 amide bonds. The molecule has 4 N–H and O–H groups in total. The van der Waals surface area contributed by atoms with Gasteiger partial charge in [-0.15, -0.1) is 0 Å². The summed E-state index contributed by atoms with van der Waals surface area (Å²) in [5.74, 6) is -1.09. The lowest BCUT2D eigenvalue weighted by atomic mass is 10.6. The largest absolute Gasteiger partial charge is 0.394 e. The zero-order valence-corrected chi connectivity index (χ0v) is 8.73. The third kappa shape index (κ3) is 22.8. The molecule has 0 aromatic carbocycles. The van der Waals surface area contributed by atoms with Crippen molar-refractivity contribution in [3.8, 4) is 0 Å². The molecule has 0 heterocycles. The molecule has 0 aliphatic rings. The molecule has 0 aliphatic heterocycles. The van der Waals surface area contributed by atoms with Crippen LogP contribution in [0, 0.1) is 0 Å². The van der Waals surface area contributed by atoms with Gasteiger partial charge < -0.3 is 0 Å². The van der Waals surface area contributed by atoms with E-state index in [1.165, 1.54) is 0 Å². The summed E-state index contributed by atoms with van der Waals surface area (Å²) in [5, 5.41) is 0. The van der Waals surface area contributed by atoms with E-state index >= 15 is 0 Å². The van der Waals surface area contributed by atoms with Crippen LogP contribution in [0.2, 0.25) is 0 Å². The summed E-state index contributed by atoms with van der Waals surface area (Å²) in [4.78, 5) is 24.9. The zero-order valence-electron chi connectivity index (χ0n) is 7.91. The summed E-state index contributed by atoms with van der Waals surface area (Å²) in [6.07, 6.45) is 2.00. The minimum Gasteiger partial charge on any atom is -0.268 e. The lowest BCUT2D eigenvalue weighted by molar-refractivity contribution is -0.145. The van der Waals surface area contributed by atoms with E-state index in [-0.39, 0.29) is 0 Å². The van der Waals surface area contributed by atoms with Gasteiger partial charge in [0.05, 0.1) is 0 Å². The molecule has 0 aromatic heterocycles. The Morgan fingerprint density at radius 1 is 1.06 bits per heavy atom. The van der Waals surface area contributed by atoms with Crippen LogP contribution in [0.5, 0.6) is 0 Å². The maximum absolute atomic E-state index is 10.4. The lowest BCUT2D eigenvalue weighted by Crippen LogP contribution is -2.32. The number of hydrogen-bond acceptors (Lipinski definition) is 5. The van der Waals surface area contributed by atoms with Crippen LogP contribution in [0.15, 0.2) is 25.3 Å². The van der Waals surface area contributed by atoms with E-state index in [9.17, 15) is 9.59 Å². The minimum atomic E-state index is -4.67. The summed E-state index contributed by atoms with van der Waals surface area (Å²) >= 11 is 0. The topological polar surface area (TPSA) is 142 Å². The Labute approximate surface area is 91.3 Å². The molecule has 10 heteroatoms. The van der Waals surface area contributed by atoms with Gasteiger partial charge in [0, 0.05) is 0 Å². The van der Waals surface area contributed by atoms with Crippen LogP contribution < -0.4 is 11.0 Å². The van der Waals surface area contributed by atoms with E-state index in [4.69, 9.17) is 17.5 Å². The second-order valence-corrected chi connectivity index (χ2v) is 2.79. The van der Waals surface area contributed by atoms with Gasteiger partial charge in [-0.1, -0.05) is 13.2 Å². The second kappa shape index (κ2) is 8.55. The van der Waals surface area contributed by atoms with Crippen molar-refractivity contribution in [3.63, 3.8) is 0 Å². The van der Waals surface area contributed by atoms with E-state index in [2.05, 4.69) is 18.1 Å². The van der Waals surface area contributed by atoms with Crippen molar-refractivity contribution in [3.05, 3.63) is 25.3 Å². The van der Waals surface area contributed by atoms with Crippen molar-refractivity contribution in [2.75, 3.05) is 0 Å². The van der Waals surface area contributed by atoms with Crippen molar-refractivity contribution in [1.29, 1.82) is 0 Å². The van der Waals surface area contributed by atoms with Crippen LogP contribution >= 0.6 is 0 Å². The second-order valence-electron chi connectivity index (χ2n) is 1.89. The molecule has 0 bridgehead atoms. The summed E-state index contributed by atoms with van der Waals surface area (Å²) in [7, 11) is -4.67. The number of amides is 2. The third-order valence-electron chi connectivity index (χ3n) is 0.674. The van der Waals surface area contributed by atoms with Crippen molar-refractivity contribution < 1.29 is 32.1 Å². The first-order valence-electron chi connectivity index (χ1n) is 3.41. The van der Waals surface area contributed by atoms with Gasteiger partial charge in [0.2, 0.25) is 0 Å². The van der Waals surface area contributed by atoms with Gasteiger partial charge in [0.15, 0.2) is 0 Å². The van der Waals surface area contributed by atoms with Gasteiger partial charge >= 0.3 is 10.4 Å². The fraction of sp³-hybridized carbons (Fsp3) is 0. The van der Waals surface area contributed by atoms with Gasteiger partial charge in [-0.25, -0.2) is 11.0 Å². The highest BCUT2D eigenvalue weighted by molar-refractivity contribution is 7.79. The molecule has 0 saturated carbocycles. The van der Waals surface area contributed by atoms with Crippen molar-refractivity contribution in [1.82, 2.24) is 11.0 Å². The first-order chi connectivity index (χ1) is 7.20. The smallest absolute Gasteiger partial charge is 0.268 e. The molecule has 0 atom stereocenters. The number of nitrogens with one attached hydrogen (secondary N) is 2. The fourth-order valence-corrected chi connectivity index (χ4v) is 0.209. The van der Waals surface area contributed by atoms with E-state index in [1.807, 2.05) is 11.0 Å². The number of hydrogen-bond donors (Lipinski definition) is 4. The maximum Gasteiger partial charge on any atom is 0.394 e. The standard InChI is InChI=1S/C6H8N2O3.H2O4S/c1-3-5(9)7-11-8-6(10)4-2;1-5(2,3)4/h3-4H,1-2H2,(H,7,9)(H,8,10);(H2,1,2,3,4). The SMILES string of the molecule is C=CC(=O)NONC(=O)C=C.O=S(=O)(O)O. The Bertz CT molecular complexity index is 333. The highest BCUT2D eigenvalue weighted by atomic mass is 32.3. The molecule has 92 valence electrons. The van der Waals surface area contributed by atoms with Gasteiger partial charge in [0.1, 0.15) is 0 Å². The molecule has 0 saturated heterocycles. The van der Waals surface area contributed by atoms with Gasteiger partial charge in [-0.3, -0.25) is 18.7 Å². The Balaban J connectivity index is 0. The van der Waals surface area contributed by atoms with E-state index in [1.54, 1.807) is 0 Å². The molecule has 0 radical (unpaired) electrons. The molecule has 0 unspecified atom stereocenters. The molecule has 0 rings (SSSR count). The number of rotatable bonds is 4. The number of carbonyl (C=O) groups is 2. The quantitative estimate of drug-likeness (QED) is 0.280. The summed E-state index contributed by atoms with van der Waals surface area (Å²) in [6.45, 7) is 6.31. The Hall–Kier alpha value is -1.75. The van der Waals surface area contributed by atoms with Crippen LogP contribution in [-0.4, -0.2) is 29.3 Å². The molecule has 0 spiro atoms. The van der Waals surface area contributed by atoms with Crippen LogP contribution in [0.1, 0.15) is 0 Å². The predicted octanol–water partition coefficient (Wildman–Crippen LogP) is -1.22. The molecule has 0 fully saturated rings. The average molecular weight is 254 g/mol. The van der Waals surface area contributed by atoms with Crippen molar-refractivity contribution >= 4 is 22.2 Å². The Morgan fingerprint density at radius 3 is 1.50 bits per heavy atom. The molecular formula is C6H10N2O7S. The Kier molecular flexibility index (Phi) is 8.91. The average Bonchev–Trinajstić information content (AvgIpc) is 2.14. The van der Waals surface area contributed by atoms with Crippen molar-refractivity contribution in [2.24, 2.45) is 0 Å². The highest BCUT2D eigenvalue weighted by Gasteiger charge is 1.94. The van der Waals surface area contributed by atoms with E-state index in [0.29, 0.717) is 0 Å². The third-order valence-corrected chi connectivity index (χ3v) is 0.674. The summed E-state index contributed by atoms with van der Waals surface area (Å²) < 4.78 is 31.6. The normalized spacial score (nSPS) is 9.12. The van der Waals surface area contributed by atoms with Gasteiger partial charge in [0.25, 0.3) is 11.8 Å². The molecular weight excluding hydrogens is 244 g/mol. The van der Waals surface area contributed by atoms with Crippen LogP contribution in [0.25, 0.3) is 0 Å². The zero-order chi connectivity index (χ0) is 13.2. The van der Waals surface area contributed by atoms with E-state index < -0.39 is 22.2 Å². The van der Waals surface area contributed by atoms with Crippen molar-refractivity contribution in [2.45, 2.75) is 0 Å². The predicted molar refractivity (Wildman–Crippen MR) is 51.9 cm³/mol. The summed E-state index contributed by atoms with van der Waals surface area (Å²) in [6, 6.07) is 0. The Morgan fingerprint density at radius 2 is 1.31 bits per heavy atom. The monoisotopic (exact) mass is 254 g/mol. The van der Waals surface area contributed by atoms with Gasteiger partial charge in [-0.05, 0) is 12.2 Å². The summed E-state index contributed by atoms with van der Waals surface area (Å²) in [5.41, 5.74) is 3.72. The number of hydroxylamine groups is 2. The molecule has 0 aliphatic carbocycles. The van der Waals surface area contributed by atoms with Gasteiger partial charge in [-0.2, -0.15) is 13.4 Å². The highest BCUT2D eigenvalue weighted by Crippen LogP contribution is 1.67. The fourth-order valence-electron chi connectivity index (χ4n) is 0.209. The first-order valence-corrected chi connectivity index (χ1v) is 4.81. The minimum absolute atomic E-state index is 0.547. The molecule has 16 heavy (non-hydrogen) atoms. The van der Waals surface area contributed by atoms with E-state index in [0.717, 1.165) is 12.2 Å². The first kappa shape index (κ1) is 16.7. The number of carbonyl (C=O) groups excluding carboxylic acids is 2. The van der Waals surface area contributed by atoms with Crippen LogP contribution in [0.4, 0.5) is 0 Å². The maximum atomic E-state index is 10.4. The van der Waals surface area contributed by atoms with Crippen LogP contribution in [0.3, 0.4) is 0 Å². The molecule has 9 nitrogen and oxygen atoms in total. The van der Waals surface area contributed by atoms with Crippen LogP contribution in [-0.2, 0) is 24.9 Å².